The number of nitrogens with zero attached hydrogens (tertiary/aromatic N) is 2. The fraction of sp³-hybridized carbons (Fsp3) is 0.214. The highest BCUT2D eigenvalue weighted by atomic mass is 15.2. The molecule has 0 saturated carbocycles. The Hall–Kier alpha value is -1.87. The quantitative estimate of drug-likeness (QED) is 0.876. The van der Waals surface area contributed by atoms with E-state index in [1.165, 1.54) is 0 Å². The van der Waals surface area contributed by atoms with E-state index in [2.05, 4.69) is 22.0 Å². The van der Waals surface area contributed by atoms with E-state index in [4.69, 9.17) is 5.73 Å². The number of aryl methyl sites for hydroxylation is 1. The maximum absolute atomic E-state index is 5.63. The molecule has 2 N–H and O–H groups in total. The Balaban J connectivity index is 2.32. The van der Waals surface area contributed by atoms with Gasteiger partial charge in [0, 0.05) is 25.0 Å². The van der Waals surface area contributed by atoms with Crippen LogP contribution >= 0.6 is 0 Å². The zero-order chi connectivity index (χ0) is 12.3. The van der Waals surface area contributed by atoms with E-state index >= 15 is 0 Å². The summed E-state index contributed by atoms with van der Waals surface area (Å²) in [4.78, 5) is 6.63. The van der Waals surface area contributed by atoms with E-state index in [1.54, 1.807) is 0 Å². The summed E-state index contributed by atoms with van der Waals surface area (Å²) >= 11 is 0. The van der Waals surface area contributed by atoms with E-state index in [0.717, 1.165) is 22.8 Å². The SMILES string of the molecule is Cc1nc(N(C)c2ccccc2)ccc1CN. The molecule has 0 fully saturated rings. The van der Waals surface area contributed by atoms with E-state index in [0.29, 0.717) is 6.54 Å². The molecular formula is C14H17N3. The second-order valence-electron chi connectivity index (χ2n) is 4.01. The molecule has 1 aromatic heterocycles. The Morgan fingerprint density at radius 2 is 1.82 bits per heavy atom. The number of aromatic nitrogens is 1. The molecular weight excluding hydrogens is 210 g/mol. The van der Waals surface area contributed by atoms with Crippen molar-refractivity contribution in [1.82, 2.24) is 4.98 Å². The molecule has 1 heterocycles. The summed E-state index contributed by atoms with van der Waals surface area (Å²) in [5.74, 6) is 0.936. The fourth-order valence-electron chi connectivity index (χ4n) is 1.76. The zero-order valence-corrected chi connectivity index (χ0v) is 10.2. The van der Waals surface area contributed by atoms with Gasteiger partial charge in [-0.3, -0.25) is 0 Å². The third-order valence-electron chi connectivity index (χ3n) is 2.89. The van der Waals surface area contributed by atoms with Gasteiger partial charge in [0.05, 0.1) is 0 Å². The van der Waals surface area contributed by atoms with Crippen LogP contribution in [0.1, 0.15) is 11.3 Å². The van der Waals surface area contributed by atoms with Gasteiger partial charge in [-0.15, -0.1) is 0 Å². The van der Waals surface area contributed by atoms with Gasteiger partial charge in [0.15, 0.2) is 0 Å². The number of pyridine rings is 1. The lowest BCUT2D eigenvalue weighted by atomic mass is 10.2. The average Bonchev–Trinajstić information content (AvgIpc) is 2.39. The fourth-order valence-corrected chi connectivity index (χ4v) is 1.76. The molecule has 88 valence electrons. The van der Waals surface area contributed by atoms with E-state index in [-0.39, 0.29) is 0 Å². The van der Waals surface area contributed by atoms with E-state index in [1.807, 2.05) is 44.3 Å². The minimum absolute atomic E-state index is 0.536. The molecule has 2 aromatic rings. The molecule has 3 heteroatoms. The molecule has 0 aliphatic heterocycles. The van der Waals surface area contributed by atoms with Crippen LogP contribution in [0.2, 0.25) is 0 Å². The molecule has 1 aromatic carbocycles. The standard InChI is InChI=1S/C14H17N3/c1-11-12(10-15)8-9-14(16-11)17(2)13-6-4-3-5-7-13/h3-9H,10,15H2,1-2H3. The predicted octanol–water partition coefficient (Wildman–Crippen LogP) is 2.62. The number of para-hydroxylation sites is 1. The topological polar surface area (TPSA) is 42.2 Å². The first-order valence-electron chi connectivity index (χ1n) is 5.67. The van der Waals surface area contributed by atoms with Gasteiger partial charge in [-0.2, -0.15) is 0 Å². The average molecular weight is 227 g/mol. The van der Waals surface area contributed by atoms with E-state index in [9.17, 15) is 0 Å². The molecule has 0 atom stereocenters. The van der Waals surface area contributed by atoms with Gasteiger partial charge in [-0.05, 0) is 30.7 Å². The summed E-state index contributed by atoms with van der Waals surface area (Å²) in [5.41, 5.74) is 8.85. The maximum Gasteiger partial charge on any atom is 0.132 e. The molecule has 0 aliphatic rings. The largest absolute Gasteiger partial charge is 0.329 e. The first-order chi connectivity index (χ1) is 8.22. The number of rotatable bonds is 3. The number of nitrogens with two attached hydrogens (primary N) is 1. The lowest BCUT2D eigenvalue weighted by Crippen LogP contribution is -2.12. The molecule has 2 rings (SSSR count). The highest BCUT2D eigenvalue weighted by Crippen LogP contribution is 2.22. The van der Waals surface area contributed by atoms with Gasteiger partial charge >= 0.3 is 0 Å². The normalized spacial score (nSPS) is 10.3. The third-order valence-corrected chi connectivity index (χ3v) is 2.89. The van der Waals surface area contributed by atoms with Crippen molar-refractivity contribution in [3.63, 3.8) is 0 Å². The number of hydrogen-bond acceptors (Lipinski definition) is 3. The summed E-state index contributed by atoms with van der Waals surface area (Å²) in [6.07, 6.45) is 0. The first kappa shape index (κ1) is 11.6. The second-order valence-corrected chi connectivity index (χ2v) is 4.01. The molecule has 0 amide bonds. The van der Waals surface area contributed by atoms with Gasteiger partial charge in [0.2, 0.25) is 0 Å². The van der Waals surface area contributed by atoms with Crippen molar-refractivity contribution < 1.29 is 0 Å². The van der Waals surface area contributed by atoms with Crippen LogP contribution in [-0.4, -0.2) is 12.0 Å². The number of hydrogen-bond donors (Lipinski definition) is 1. The summed E-state index contributed by atoms with van der Waals surface area (Å²) in [7, 11) is 2.01. The van der Waals surface area contributed by atoms with Crippen molar-refractivity contribution in [2.45, 2.75) is 13.5 Å². The smallest absolute Gasteiger partial charge is 0.132 e. The van der Waals surface area contributed by atoms with Crippen LogP contribution in [0.4, 0.5) is 11.5 Å². The van der Waals surface area contributed by atoms with Gasteiger partial charge < -0.3 is 10.6 Å². The van der Waals surface area contributed by atoms with Crippen LogP contribution in [0.5, 0.6) is 0 Å². The highest BCUT2D eigenvalue weighted by Gasteiger charge is 2.06. The minimum Gasteiger partial charge on any atom is -0.329 e. The molecule has 0 saturated heterocycles. The summed E-state index contributed by atoms with van der Waals surface area (Å²) in [6.45, 7) is 2.53. The van der Waals surface area contributed by atoms with Crippen molar-refractivity contribution in [3.05, 3.63) is 53.7 Å². The maximum atomic E-state index is 5.63. The van der Waals surface area contributed by atoms with Crippen molar-refractivity contribution >= 4 is 11.5 Å². The van der Waals surface area contributed by atoms with Crippen LogP contribution in [0, 0.1) is 6.92 Å². The van der Waals surface area contributed by atoms with Crippen LogP contribution in [0.15, 0.2) is 42.5 Å². The Kier molecular flexibility index (Phi) is 3.40. The summed E-state index contributed by atoms with van der Waals surface area (Å²) < 4.78 is 0. The van der Waals surface area contributed by atoms with Crippen molar-refractivity contribution in [1.29, 1.82) is 0 Å². The molecule has 17 heavy (non-hydrogen) atoms. The molecule has 3 nitrogen and oxygen atoms in total. The predicted molar refractivity (Wildman–Crippen MR) is 71.4 cm³/mol. The Morgan fingerprint density at radius 3 is 2.41 bits per heavy atom. The molecule has 0 bridgehead atoms. The van der Waals surface area contributed by atoms with Gasteiger partial charge in [0.25, 0.3) is 0 Å². The minimum atomic E-state index is 0.536. The van der Waals surface area contributed by atoms with Crippen LogP contribution in [0.25, 0.3) is 0 Å². The number of benzene rings is 1. The monoisotopic (exact) mass is 227 g/mol. The Bertz CT molecular complexity index is 494. The molecule has 0 aliphatic carbocycles. The van der Waals surface area contributed by atoms with Crippen molar-refractivity contribution in [3.8, 4) is 0 Å². The van der Waals surface area contributed by atoms with Gasteiger partial charge in [0.1, 0.15) is 5.82 Å². The molecule has 0 unspecified atom stereocenters. The van der Waals surface area contributed by atoms with Gasteiger partial charge in [-0.25, -0.2) is 4.98 Å². The summed E-state index contributed by atoms with van der Waals surface area (Å²) in [6, 6.07) is 14.2. The van der Waals surface area contributed by atoms with Crippen molar-refractivity contribution in [2.24, 2.45) is 5.73 Å². The second kappa shape index (κ2) is 4.97. The van der Waals surface area contributed by atoms with Crippen LogP contribution in [0.3, 0.4) is 0 Å². The van der Waals surface area contributed by atoms with Crippen LogP contribution in [-0.2, 0) is 6.54 Å². The van der Waals surface area contributed by atoms with Crippen molar-refractivity contribution in [2.75, 3.05) is 11.9 Å². The zero-order valence-electron chi connectivity index (χ0n) is 10.2. The van der Waals surface area contributed by atoms with E-state index < -0.39 is 0 Å². The Morgan fingerprint density at radius 1 is 1.12 bits per heavy atom. The first-order valence-corrected chi connectivity index (χ1v) is 5.67. The number of anilines is 2. The highest BCUT2D eigenvalue weighted by molar-refractivity contribution is 5.59. The lowest BCUT2D eigenvalue weighted by molar-refractivity contribution is 0.992. The summed E-state index contributed by atoms with van der Waals surface area (Å²) in [5, 5.41) is 0. The Labute approximate surface area is 102 Å². The van der Waals surface area contributed by atoms with Gasteiger partial charge in [-0.1, -0.05) is 24.3 Å². The third kappa shape index (κ3) is 2.45. The lowest BCUT2D eigenvalue weighted by Gasteiger charge is -2.19. The van der Waals surface area contributed by atoms with Crippen LogP contribution < -0.4 is 10.6 Å². The molecule has 0 radical (unpaired) electrons. The molecule has 0 spiro atoms.